The van der Waals surface area contributed by atoms with Gasteiger partial charge in [0.2, 0.25) is 0 Å². The first kappa shape index (κ1) is 14.3. The van der Waals surface area contributed by atoms with Gasteiger partial charge in [-0.25, -0.2) is 0 Å². The van der Waals surface area contributed by atoms with E-state index in [1.54, 1.807) is 13.8 Å². The summed E-state index contributed by atoms with van der Waals surface area (Å²) in [5.41, 5.74) is -0.421. The Morgan fingerprint density at radius 1 is 1.22 bits per heavy atom. The summed E-state index contributed by atoms with van der Waals surface area (Å²) in [5.74, 6) is -0.514. The maximum absolute atomic E-state index is 12.6. The SMILES string of the molecule is CCNC(=O)c1cc(C(F)(F)F)ccc1NCC. The second-order valence-corrected chi connectivity index (χ2v) is 3.65. The summed E-state index contributed by atoms with van der Waals surface area (Å²) >= 11 is 0. The number of anilines is 1. The van der Waals surface area contributed by atoms with Crippen molar-refractivity contribution in [2.75, 3.05) is 18.4 Å². The number of carbonyl (C=O) groups excluding carboxylic acids is 1. The van der Waals surface area contributed by atoms with Gasteiger partial charge in [0.1, 0.15) is 0 Å². The number of alkyl halides is 3. The summed E-state index contributed by atoms with van der Waals surface area (Å²) in [4.78, 5) is 11.7. The molecule has 100 valence electrons. The van der Waals surface area contributed by atoms with Gasteiger partial charge in [0.05, 0.1) is 11.1 Å². The lowest BCUT2D eigenvalue weighted by molar-refractivity contribution is -0.137. The van der Waals surface area contributed by atoms with Gasteiger partial charge in [0.25, 0.3) is 5.91 Å². The van der Waals surface area contributed by atoms with Crippen LogP contribution >= 0.6 is 0 Å². The van der Waals surface area contributed by atoms with Crippen LogP contribution in [0.25, 0.3) is 0 Å². The molecular formula is C12H15F3N2O. The van der Waals surface area contributed by atoms with E-state index in [1.807, 2.05) is 0 Å². The van der Waals surface area contributed by atoms with Crippen molar-refractivity contribution < 1.29 is 18.0 Å². The lowest BCUT2D eigenvalue weighted by Crippen LogP contribution is -2.24. The van der Waals surface area contributed by atoms with E-state index in [0.29, 0.717) is 18.8 Å². The van der Waals surface area contributed by atoms with Gasteiger partial charge in [-0.3, -0.25) is 4.79 Å². The van der Waals surface area contributed by atoms with Gasteiger partial charge < -0.3 is 10.6 Å². The molecule has 0 atom stereocenters. The largest absolute Gasteiger partial charge is 0.416 e. The monoisotopic (exact) mass is 260 g/mol. The fraction of sp³-hybridized carbons (Fsp3) is 0.417. The van der Waals surface area contributed by atoms with Crippen LogP contribution in [0.3, 0.4) is 0 Å². The van der Waals surface area contributed by atoms with E-state index in [2.05, 4.69) is 10.6 Å². The average molecular weight is 260 g/mol. The highest BCUT2D eigenvalue weighted by molar-refractivity contribution is 5.99. The molecule has 0 aliphatic rings. The molecule has 1 amide bonds. The molecule has 0 spiro atoms. The quantitative estimate of drug-likeness (QED) is 0.874. The third kappa shape index (κ3) is 3.38. The lowest BCUT2D eigenvalue weighted by Gasteiger charge is -2.13. The highest BCUT2D eigenvalue weighted by Gasteiger charge is 2.31. The van der Waals surface area contributed by atoms with Crippen LogP contribution in [0.5, 0.6) is 0 Å². The van der Waals surface area contributed by atoms with Crippen molar-refractivity contribution in [3.8, 4) is 0 Å². The maximum atomic E-state index is 12.6. The van der Waals surface area contributed by atoms with Crippen molar-refractivity contribution in [2.45, 2.75) is 20.0 Å². The molecule has 0 aliphatic carbocycles. The van der Waals surface area contributed by atoms with Crippen LogP contribution in [0.4, 0.5) is 18.9 Å². The average Bonchev–Trinajstić information content (AvgIpc) is 2.28. The molecule has 18 heavy (non-hydrogen) atoms. The fourth-order valence-electron chi connectivity index (χ4n) is 1.51. The minimum Gasteiger partial charge on any atom is -0.385 e. The Kier molecular flexibility index (Phi) is 4.58. The van der Waals surface area contributed by atoms with Gasteiger partial charge in [-0.05, 0) is 32.0 Å². The Balaban J connectivity index is 3.19. The number of benzene rings is 1. The Labute approximate surface area is 103 Å². The number of nitrogens with one attached hydrogen (secondary N) is 2. The van der Waals surface area contributed by atoms with Gasteiger partial charge in [-0.2, -0.15) is 13.2 Å². The second kappa shape index (κ2) is 5.75. The predicted molar refractivity (Wildman–Crippen MR) is 63.6 cm³/mol. The molecule has 0 heterocycles. The molecule has 0 saturated heterocycles. The molecule has 0 aliphatic heterocycles. The summed E-state index contributed by atoms with van der Waals surface area (Å²) in [6, 6.07) is 3.10. The van der Waals surface area contributed by atoms with Crippen LogP contribution in [-0.2, 0) is 6.18 Å². The van der Waals surface area contributed by atoms with Crippen molar-refractivity contribution in [1.29, 1.82) is 0 Å². The highest BCUT2D eigenvalue weighted by atomic mass is 19.4. The number of carbonyl (C=O) groups is 1. The van der Waals surface area contributed by atoms with Crippen molar-refractivity contribution in [3.63, 3.8) is 0 Å². The number of rotatable bonds is 4. The molecule has 2 N–H and O–H groups in total. The van der Waals surface area contributed by atoms with E-state index in [4.69, 9.17) is 0 Å². The standard InChI is InChI=1S/C12H15F3N2O/c1-3-16-10-6-5-8(12(13,14)15)7-9(10)11(18)17-4-2/h5-7,16H,3-4H2,1-2H3,(H,17,18). The molecule has 1 rings (SSSR count). The highest BCUT2D eigenvalue weighted by Crippen LogP contribution is 2.31. The van der Waals surface area contributed by atoms with Crippen LogP contribution in [-0.4, -0.2) is 19.0 Å². The van der Waals surface area contributed by atoms with Crippen LogP contribution in [0.2, 0.25) is 0 Å². The van der Waals surface area contributed by atoms with Crippen molar-refractivity contribution >= 4 is 11.6 Å². The van der Waals surface area contributed by atoms with Gasteiger partial charge in [0.15, 0.2) is 0 Å². The van der Waals surface area contributed by atoms with E-state index < -0.39 is 17.6 Å². The zero-order valence-corrected chi connectivity index (χ0v) is 10.2. The first-order valence-corrected chi connectivity index (χ1v) is 5.63. The minimum absolute atomic E-state index is 0.00789. The van der Waals surface area contributed by atoms with Gasteiger partial charge >= 0.3 is 6.18 Å². The van der Waals surface area contributed by atoms with Crippen molar-refractivity contribution in [2.24, 2.45) is 0 Å². The summed E-state index contributed by atoms with van der Waals surface area (Å²) in [5, 5.41) is 5.36. The number of halogens is 3. The number of hydrogen-bond donors (Lipinski definition) is 2. The predicted octanol–water partition coefficient (Wildman–Crippen LogP) is 2.89. The molecule has 1 aromatic carbocycles. The zero-order chi connectivity index (χ0) is 13.8. The van der Waals surface area contributed by atoms with Crippen molar-refractivity contribution in [1.82, 2.24) is 5.32 Å². The first-order valence-electron chi connectivity index (χ1n) is 5.63. The molecule has 3 nitrogen and oxygen atoms in total. The third-order valence-corrected chi connectivity index (χ3v) is 2.30. The normalized spacial score (nSPS) is 11.2. The van der Waals surface area contributed by atoms with Gasteiger partial charge in [0, 0.05) is 18.8 Å². The third-order valence-electron chi connectivity index (χ3n) is 2.30. The van der Waals surface area contributed by atoms with Gasteiger partial charge in [-0.15, -0.1) is 0 Å². The molecule has 6 heteroatoms. The summed E-state index contributed by atoms with van der Waals surface area (Å²) in [6.45, 7) is 4.40. The zero-order valence-electron chi connectivity index (χ0n) is 10.2. The van der Waals surface area contributed by atoms with E-state index in [-0.39, 0.29) is 5.56 Å². The Morgan fingerprint density at radius 3 is 2.39 bits per heavy atom. The van der Waals surface area contributed by atoms with Crippen LogP contribution < -0.4 is 10.6 Å². The Hall–Kier alpha value is -1.72. The van der Waals surface area contributed by atoms with E-state index in [1.165, 1.54) is 6.07 Å². The smallest absolute Gasteiger partial charge is 0.385 e. The molecule has 0 radical (unpaired) electrons. The van der Waals surface area contributed by atoms with E-state index in [9.17, 15) is 18.0 Å². The lowest BCUT2D eigenvalue weighted by atomic mass is 10.1. The molecule has 0 saturated carbocycles. The van der Waals surface area contributed by atoms with E-state index >= 15 is 0 Å². The topological polar surface area (TPSA) is 41.1 Å². The summed E-state index contributed by atoms with van der Waals surface area (Å²) in [6.07, 6.45) is -4.45. The maximum Gasteiger partial charge on any atom is 0.416 e. The molecule has 0 fully saturated rings. The molecule has 0 aromatic heterocycles. The molecule has 0 unspecified atom stereocenters. The van der Waals surface area contributed by atoms with Crippen LogP contribution in [0, 0.1) is 0 Å². The van der Waals surface area contributed by atoms with Gasteiger partial charge in [-0.1, -0.05) is 0 Å². The van der Waals surface area contributed by atoms with Crippen LogP contribution in [0.1, 0.15) is 29.8 Å². The molecular weight excluding hydrogens is 245 g/mol. The first-order chi connectivity index (χ1) is 8.40. The summed E-state index contributed by atoms with van der Waals surface area (Å²) in [7, 11) is 0. The van der Waals surface area contributed by atoms with E-state index in [0.717, 1.165) is 12.1 Å². The second-order valence-electron chi connectivity index (χ2n) is 3.65. The Bertz CT molecular complexity index is 430. The van der Waals surface area contributed by atoms with Crippen LogP contribution in [0.15, 0.2) is 18.2 Å². The Morgan fingerprint density at radius 2 is 1.89 bits per heavy atom. The fourth-order valence-corrected chi connectivity index (χ4v) is 1.51. The minimum atomic E-state index is -4.45. The number of hydrogen-bond acceptors (Lipinski definition) is 2. The number of amides is 1. The summed E-state index contributed by atoms with van der Waals surface area (Å²) < 4.78 is 37.7. The molecule has 1 aromatic rings. The molecule has 0 bridgehead atoms. The van der Waals surface area contributed by atoms with Crippen molar-refractivity contribution in [3.05, 3.63) is 29.3 Å².